The standard InChI is InChI=1S/C18H20F2N2O3/c1-5-22-10(2)8-14(11(22)3)18(24)25-12(4)17(23)21-16-9-13(19)6-7-15(16)20/h6-9,12H,5H2,1-4H3,(H,21,23)/t12-/m1/s1. The van der Waals surface area contributed by atoms with E-state index in [0.29, 0.717) is 12.1 Å². The SMILES string of the molecule is CCn1c(C)cc(C(=O)O[C@H](C)C(=O)Nc2cc(F)ccc2F)c1C. The van der Waals surface area contributed by atoms with E-state index in [1.54, 1.807) is 13.0 Å². The second-order valence-corrected chi connectivity index (χ2v) is 5.69. The number of carbonyl (C=O) groups excluding carboxylic acids is 2. The molecule has 0 spiro atoms. The maximum atomic E-state index is 13.6. The maximum absolute atomic E-state index is 13.6. The van der Waals surface area contributed by atoms with Crippen molar-refractivity contribution < 1.29 is 23.1 Å². The highest BCUT2D eigenvalue weighted by Gasteiger charge is 2.23. The highest BCUT2D eigenvalue weighted by molar-refractivity contribution is 5.97. The summed E-state index contributed by atoms with van der Waals surface area (Å²) >= 11 is 0. The van der Waals surface area contributed by atoms with Crippen LogP contribution in [0.4, 0.5) is 14.5 Å². The maximum Gasteiger partial charge on any atom is 0.340 e. The van der Waals surface area contributed by atoms with E-state index in [0.717, 1.165) is 29.6 Å². The first-order valence-electron chi connectivity index (χ1n) is 7.88. The molecule has 1 atom stereocenters. The van der Waals surface area contributed by atoms with E-state index in [4.69, 9.17) is 4.74 Å². The van der Waals surface area contributed by atoms with Crippen LogP contribution < -0.4 is 5.32 Å². The Bertz CT molecular complexity index is 815. The number of aryl methyl sites for hydroxylation is 1. The van der Waals surface area contributed by atoms with E-state index in [1.807, 2.05) is 18.4 Å². The molecule has 0 bridgehead atoms. The summed E-state index contributed by atoms with van der Waals surface area (Å²) in [6.45, 7) is 7.69. The monoisotopic (exact) mass is 350 g/mol. The van der Waals surface area contributed by atoms with Crippen molar-refractivity contribution in [2.24, 2.45) is 0 Å². The average Bonchev–Trinajstić information content (AvgIpc) is 2.84. The highest BCUT2D eigenvalue weighted by atomic mass is 19.1. The molecule has 0 unspecified atom stereocenters. The number of benzene rings is 1. The average molecular weight is 350 g/mol. The van der Waals surface area contributed by atoms with E-state index >= 15 is 0 Å². The third kappa shape index (κ3) is 4.04. The number of carbonyl (C=O) groups is 2. The number of aromatic nitrogens is 1. The molecule has 0 aliphatic rings. The third-order valence-electron chi connectivity index (χ3n) is 3.95. The molecule has 0 aliphatic heterocycles. The smallest absolute Gasteiger partial charge is 0.340 e. The second-order valence-electron chi connectivity index (χ2n) is 5.69. The zero-order valence-corrected chi connectivity index (χ0v) is 14.5. The van der Waals surface area contributed by atoms with Crippen molar-refractivity contribution in [2.45, 2.75) is 40.3 Å². The molecular weight excluding hydrogens is 330 g/mol. The van der Waals surface area contributed by atoms with E-state index in [9.17, 15) is 18.4 Å². The fourth-order valence-corrected chi connectivity index (χ4v) is 2.60. The molecule has 0 saturated carbocycles. The summed E-state index contributed by atoms with van der Waals surface area (Å²) in [4.78, 5) is 24.4. The van der Waals surface area contributed by atoms with Gasteiger partial charge in [-0.2, -0.15) is 0 Å². The van der Waals surface area contributed by atoms with Crippen molar-refractivity contribution in [1.82, 2.24) is 4.57 Å². The van der Waals surface area contributed by atoms with Crippen LogP contribution in [0.2, 0.25) is 0 Å². The fourth-order valence-electron chi connectivity index (χ4n) is 2.60. The minimum Gasteiger partial charge on any atom is -0.449 e. The van der Waals surface area contributed by atoms with Crippen molar-refractivity contribution in [2.75, 3.05) is 5.32 Å². The van der Waals surface area contributed by atoms with Gasteiger partial charge in [-0.3, -0.25) is 4.79 Å². The summed E-state index contributed by atoms with van der Waals surface area (Å²) in [5, 5.41) is 2.21. The minimum absolute atomic E-state index is 0.308. The topological polar surface area (TPSA) is 60.3 Å². The molecule has 25 heavy (non-hydrogen) atoms. The van der Waals surface area contributed by atoms with Gasteiger partial charge in [0.25, 0.3) is 5.91 Å². The van der Waals surface area contributed by atoms with Crippen LogP contribution in [-0.2, 0) is 16.1 Å². The molecular formula is C18H20F2N2O3. The third-order valence-corrected chi connectivity index (χ3v) is 3.95. The number of halogens is 2. The lowest BCUT2D eigenvalue weighted by Crippen LogP contribution is -2.30. The van der Waals surface area contributed by atoms with Gasteiger partial charge in [-0.15, -0.1) is 0 Å². The number of hydrogen-bond donors (Lipinski definition) is 1. The van der Waals surface area contributed by atoms with E-state index < -0.39 is 29.6 Å². The van der Waals surface area contributed by atoms with E-state index in [-0.39, 0.29) is 5.69 Å². The van der Waals surface area contributed by atoms with Crippen LogP contribution in [0, 0.1) is 25.5 Å². The molecule has 0 radical (unpaired) electrons. The number of hydrogen-bond acceptors (Lipinski definition) is 3. The van der Waals surface area contributed by atoms with Crippen molar-refractivity contribution in [1.29, 1.82) is 0 Å². The predicted molar refractivity (Wildman–Crippen MR) is 89.4 cm³/mol. The minimum atomic E-state index is -1.17. The number of anilines is 1. The predicted octanol–water partition coefficient (Wildman–Crippen LogP) is 3.59. The molecule has 134 valence electrons. The summed E-state index contributed by atoms with van der Waals surface area (Å²) in [6.07, 6.45) is -1.17. The first-order chi connectivity index (χ1) is 11.7. The molecule has 1 aromatic carbocycles. The van der Waals surface area contributed by atoms with Crippen LogP contribution >= 0.6 is 0 Å². The van der Waals surface area contributed by atoms with Gasteiger partial charge in [-0.1, -0.05) is 0 Å². The number of rotatable bonds is 5. The first-order valence-corrected chi connectivity index (χ1v) is 7.88. The van der Waals surface area contributed by atoms with Crippen molar-refractivity contribution in [3.05, 3.63) is 52.9 Å². The van der Waals surface area contributed by atoms with Gasteiger partial charge in [-0.05, 0) is 45.9 Å². The van der Waals surface area contributed by atoms with Crippen LogP contribution in [0.5, 0.6) is 0 Å². The second kappa shape index (κ2) is 7.46. The van der Waals surface area contributed by atoms with Crippen LogP contribution in [-0.4, -0.2) is 22.5 Å². The Morgan fingerprint density at radius 2 is 1.92 bits per heavy atom. The summed E-state index contributed by atoms with van der Waals surface area (Å²) in [6, 6.07) is 4.40. The molecule has 0 fully saturated rings. The number of nitrogens with one attached hydrogen (secondary N) is 1. The Balaban J connectivity index is 2.08. The van der Waals surface area contributed by atoms with Crippen LogP contribution in [0.3, 0.4) is 0 Å². The molecule has 2 rings (SSSR count). The summed E-state index contributed by atoms with van der Waals surface area (Å²) in [5.74, 6) is -2.86. The van der Waals surface area contributed by atoms with Crippen LogP contribution in [0.15, 0.2) is 24.3 Å². The zero-order valence-electron chi connectivity index (χ0n) is 14.5. The van der Waals surface area contributed by atoms with Gasteiger partial charge in [0.2, 0.25) is 0 Å². The van der Waals surface area contributed by atoms with E-state index in [2.05, 4.69) is 5.32 Å². The Labute approximate surface area is 144 Å². The van der Waals surface area contributed by atoms with Gasteiger partial charge < -0.3 is 14.6 Å². The molecule has 1 N–H and O–H groups in total. The summed E-state index contributed by atoms with van der Waals surface area (Å²) < 4.78 is 33.8. The lowest BCUT2D eigenvalue weighted by molar-refractivity contribution is -0.123. The molecule has 7 heteroatoms. The number of nitrogens with zero attached hydrogens (tertiary/aromatic N) is 1. The molecule has 2 aromatic rings. The van der Waals surface area contributed by atoms with Crippen molar-refractivity contribution in [3.63, 3.8) is 0 Å². The zero-order chi connectivity index (χ0) is 18.7. The number of esters is 1. The van der Waals surface area contributed by atoms with Gasteiger partial charge in [-0.25, -0.2) is 13.6 Å². The lowest BCUT2D eigenvalue weighted by atomic mass is 10.2. The molecule has 0 aliphatic carbocycles. The lowest BCUT2D eigenvalue weighted by Gasteiger charge is -2.14. The van der Waals surface area contributed by atoms with Gasteiger partial charge >= 0.3 is 5.97 Å². The molecule has 1 aromatic heterocycles. The highest BCUT2D eigenvalue weighted by Crippen LogP contribution is 2.18. The van der Waals surface area contributed by atoms with Gasteiger partial charge in [0, 0.05) is 24.0 Å². The normalized spacial score (nSPS) is 11.9. The van der Waals surface area contributed by atoms with Crippen molar-refractivity contribution in [3.8, 4) is 0 Å². The molecule has 5 nitrogen and oxygen atoms in total. The van der Waals surface area contributed by atoms with Gasteiger partial charge in [0.15, 0.2) is 6.10 Å². The van der Waals surface area contributed by atoms with E-state index in [1.165, 1.54) is 6.92 Å². The Morgan fingerprint density at radius 1 is 1.24 bits per heavy atom. The molecule has 1 heterocycles. The Hall–Kier alpha value is -2.70. The largest absolute Gasteiger partial charge is 0.449 e. The van der Waals surface area contributed by atoms with Crippen molar-refractivity contribution >= 4 is 17.6 Å². The number of amides is 1. The first kappa shape index (κ1) is 18.6. The fraction of sp³-hybridized carbons (Fsp3) is 0.333. The molecule has 1 amide bonds. The van der Waals surface area contributed by atoms with Gasteiger partial charge in [0.1, 0.15) is 11.6 Å². The molecule has 0 saturated heterocycles. The quantitative estimate of drug-likeness (QED) is 0.839. The summed E-state index contributed by atoms with van der Waals surface area (Å²) in [5.41, 5.74) is 1.72. The van der Waals surface area contributed by atoms with Crippen LogP contribution in [0.1, 0.15) is 35.6 Å². The van der Waals surface area contributed by atoms with Crippen LogP contribution in [0.25, 0.3) is 0 Å². The van der Waals surface area contributed by atoms with Gasteiger partial charge in [0.05, 0.1) is 11.3 Å². The Kier molecular flexibility index (Phi) is 5.56. The Morgan fingerprint density at radius 3 is 2.52 bits per heavy atom. The number of ether oxygens (including phenoxy) is 1. The summed E-state index contributed by atoms with van der Waals surface area (Å²) in [7, 11) is 0.